The van der Waals surface area contributed by atoms with E-state index >= 15 is 0 Å². The highest BCUT2D eigenvalue weighted by Gasteiger charge is 2.12. The van der Waals surface area contributed by atoms with E-state index in [9.17, 15) is 4.79 Å². The van der Waals surface area contributed by atoms with E-state index in [-0.39, 0.29) is 5.91 Å². The third kappa shape index (κ3) is 3.36. The first-order chi connectivity index (χ1) is 7.15. The number of thiocarbonyl (C=S) groups is 1. The van der Waals surface area contributed by atoms with Gasteiger partial charge in [0.25, 0.3) is 5.91 Å². The molecule has 15 heavy (non-hydrogen) atoms. The molecule has 0 saturated carbocycles. The number of carbonyl (C=O) groups excluding carboxylic acids is 1. The van der Waals surface area contributed by atoms with E-state index in [1.807, 2.05) is 6.92 Å². The van der Waals surface area contributed by atoms with E-state index < -0.39 is 0 Å². The SMILES string of the molecule is CCc1occc1C(=O)NCCC(N)=S. The van der Waals surface area contributed by atoms with Gasteiger partial charge in [0, 0.05) is 19.4 Å². The fourth-order valence-corrected chi connectivity index (χ4v) is 1.31. The largest absolute Gasteiger partial charge is 0.469 e. The first-order valence-corrected chi connectivity index (χ1v) is 5.18. The highest BCUT2D eigenvalue weighted by Crippen LogP contribution is 2.10. The van der Waals surface area contributed by atoms with Gasteiger partial charge < -0.3 is 15.5 Å². The van der Waals surface area contributed by atoms with Crippen LogP contribution >= 0.6 is 12.2 Å². The Morgan fingerprint density at radius 1 is 1.67 bits per heavy atom. The van der Waals surface area contributed by atoms with Crippen molar-refractivity contribution in [3.05, 3.63) is 23.7 Å². The smallest absolute Gasteiger partial charge is 0.254 e. The van der Waals surface area contributed by atoms with Crippen LogP contribution in [0, 0.1) is 0 Å². The van der Waals surface area contributed by atoms with Gasteiger partial charge in [0.05, 0.1) is 16.8 Å². The zero-order chi connectivity index (χ0) is 11.3. The number of nitrogens with one attached hydrogen (secondary N) is 1. The van der Waals surface area contributed by atoms with Crippen molar-refractivity contribution >= 4 is 23.1 Å². The highest BCUT2D eigenvalue weighted by atomic mass is 32.1. The highest BCUT2D eigenvalue weighted by molar-refractivity contribution is 7.80. The van der Waals surface area contributed by atoms with Crippen molar-refractivity contribution in [2.24, 2.45) is 5.73 Å². The van der Waals surface area contributed by atoms with Crippen LogP contribution in [0.2, 0.25) is 0 Å². The number of aryl methyl sites for hydroxylation is 1. The molecule has 0 atom stereocenters. The zero-order valence-electron chi connectivity index (χ0n) is 8.58. The zero-order valence-corrected chi connectivity index (χ0v) is 9.39. The van der Waals surface area contributed by atoms with Gasteiger partial charge in [-0.3, -0.25) is 4.79 Å². The predicted octanol–water partition coefficient (Wildman–Crippen LogP) is 1.25. The molecule has 1 aromatic heterocycles. The molecule has 0 bridgehead atoms. The van der Waals surface area contributed by atoms with Crippen LogP contribution < -0.4 is 11.1 Å². The minimum atomic E-state index is -0.142. The fourth-order valence-electron chi connectivity index (χ4n) is 1.21. The number of nitrogens with two attached hydrogens (primary N) is 1. The van der Waals surface area contributed by atoms with Crippen molar-refractivity contribution in [3.63, 3.8) is 0 Å². The Kier molecular flexibility index (Phi) is 4.30. The molecule has 5 heteroatoms. The normalized spacial score (nSPS) is 9.93. The minimum Gasteiger partial charge on any atom is -0.469 e. The van der Waals surface area contributed by atoms with Gasteiger partial charge in [-0.15, -0.1) is 0 Å². The molecule has 1 amide bonds. The molecule has 3 N–H and O–H groups in total. The summed E-state index contributed by atoms with van der Waals surface area (Å²) in [6, 6.07) is 1.66. The Bertz CT molecular complexity index is 360. The summed E-state index contributed by atoms with van der Waals surface area (Å²) in [6.45, 7) is 2.40. The summed E-state index contributed by atoms with van der Waals surface area (Å²) >= 11 is 4.70. The number of furan rings is 1. The number of amides is 1. The summed E-state index contributed by atoms with van der Waals surface area (Å²) in [5.74, 6) is 0.555. The lowest BCUT2D eigenvalue weighted by Crippen LogP contribution is -2.27. The predicted molar refractivity (Wildman–Crippen MR) is 61.8 cm³/mol. The molecule has 0 saturated heterocycles. The van der Waals surface area contributed by atoms with Gasteiger partial charge in [-0.05, 0) is 6.07 Å². The van der Waals surface area contributed by atoms with E-state index in [4.69, 9.17) is 22.4 Å². The van der Waals surface area contributed by atoms with Crippen molar-refractivity contribution in [3.8, 4) is 0 Å². The first-order valence-electron chi connectivity index (χ1n) is 4.78. The standard InChI is InChI=1S/C10H14N2O2S/c1-2-8-7(4-6-14-8)10(13)12-5-3-9(11)15/h4,6H,2-3,5H2,1H3,(H2,11,15)(H,12,13). The Morgan fingerprint density at radius 3 is 3.00 bits per heavy atom. The molecule has 0 aliphatic rings. The van der Waals surface area contributed by atoms with Gasteiger partial charge in [-0.1, -0.05) is 19.1 Å². The molecule has 0 aliphatic carbocycles. The summed E-state index contributed by atoms with van der Waals surface area (Å²) in [5, 5.41) is 2.72. The average Bonchev–Trinajstić information content (AvgIpc) is 2.64. The summed E-state index contributed by atoms with van der Waals surface area (Å²) in [7, 11) is 0. The van der Waals surface area contributed by atoms with Crippen LogP contribution in [0.4, 0.5) is 0 Å². The lowest BCUT2D eigenvalue weighted by Gasteiger charge is -2.03. The van der Waals surface area contributed by atoms with Gasteiger partial charge in [0.15, 0.2) is 0 Å². The van der Waals surface area contributed by atoms with Gasteiger partial charge in [-0.25, -0.2) is 0 Å². The molecule has 0 aliphatic heterocycles. The monoisotopic (exact) mass is 226 g/mol. The third-order valence-corrected chi connectivity index (χ3v) is 2.17. The second kappa shape index (κ2) is 5.50. The number of hydrogen-bond donors (Lipinski definition) is 2. The summed E-state index contributed by atoms with van der Waals surface area (Å²) in [5.41, 5.74) is 5.90. The molecule has 0 spiro atoms. The fraction of sp³-hybridized carbons (Fsp3) is 0.400. The van der Waals surface area contributed by atoms with Crippen LogP contribution in [0.1, 0.15) is 29.5 Å². The van der Waals surface area contributed by atoms with Crippen molar-refractivity contribution in [2.75, 3.05) is 6.54 Å². The van der Waals surface area contributed by atoms with E-state index in [0.717, 1.165) is 0 Å². The second-order valence-corrected chi connectivity index (χ2v) is 3.61. The quantitative estimate of drug-likeness (QED) is 0.741. The molecule has 0 aromatic carbocycles. The molecule has 4 nitrogen and oxygen atoms in total. The maximum absolute atomic E-state index is 11.6. The molecule has 1 aromatic rings. The Hall–Kier alpha value is -1.36. The Morgan fingerprint density at radius 2 is 2.40 bits per heavy atom. The van der Waals surface area contributed by atoms with E-state index in [2.05, 4.69) is 5.32 Å². The Balaban J connectivity index is 2.50. The lowest BCUT2D eigenvalue weighted by molar-refractivity contribution is 0.0953. The molecule has 0 unspecified atom stereocenters. The van der Waals surface area contributed by atoms with Gasteiger partial charge >= 0.3 is 0 Å². The molecule has 0 radical (unpaired) electrons. The van der Waals surface area contributed by atoms with Crippen LogP contribution in [0.15, 0.2) is 16.7 Å². The van der Waals surface area contributed by atoms with Crippen molar-refractivity contribution in [1.82, 2.24) is 5.32 Å². The molecule has 0 fully saturated rings. The first kappa shape index (κ1) is 11.7. The van der Waals surface area contributed by atoms with Crippen molar-refractivity contribution in [1.29, 1.82) is 0 Å². The third-order valence-electron chi connectivity index (χ3n) is 1.97. The number of rotatable bonds is 5. The summed E-state index contributed by atoms with van der Waals surface area (Å²) < 4.78 is 5.15. The molecule has 1 rings (SSSR count). The maximum Gasteiger partial charge on any atom is 0.254 e. The van der Waals surface area contributed by atoms with Gasteiger partial charge in [0.2, 0.25) is 0 Å². The summed E-state index contributed by atoms with van der Waals surface area (Å²) in [4.78, 5) is 12.0. The Labute approximate surface area is 93.8 Å². The van der Waals surface area contributed by atoms with E-state index in [0.29, 0.717) is 35.7 Å². The summed E-state index contributed by atoms with van der Waals surface area (Å²) in [6.07, 6.45) is 2.73. The molecule has 1 heterocycles. The maximum atomic E-state index is 11.6. The lowest BCUT2D eigenvalue weighted by atomic mass is 10.2. The minimum absolute atomic E-state index is 0.142. The van der Waals surface area contributed by atoms with E-state index in [1.165, 1.54) is 6.26 Å². The van der Waals surface area contributed by atoms with Crippen molar-refractivity contribution in [2.45, 2.75) is 19.8 Å². The van der Waals surface area contributed by atoms with Crippen molar-refractivity contribution < 1.29 is 9.21 Å². The molecule has 82 valence electrons. The van der Waals surface area contributed by atoms with Gasteiger partial charge in [0.1, 0.15) is 5.76 Å². The van der Waals surface area contributed by atoms with Crippen LogP contribution in [0.25, 0.3) is 0 Å². The number of hydrogen-bond acceptors (Lipinski definition) is 3. The second-order valence-electron chi connectivity index (χ2n) is 3.08. The number of carbonyl (C=O) groups is 1. The van der Waals surface area contributed by atoms with Gasteiger partial charge in [-0.2, -0.15) is 0 Å². The topological polar surface area (TPSA) is 68.3 Å². The van der Waals surface area contributed by atoms with Crippen LogP contribution in [-0.4, -0.2) is 17.4 Å². The molecular weight excluding hydrogens is 212 g/mol. The van der Waals surface area contributed by atoms with Crippen LogP contribution in [0.3, 0.4) is 0 Å². The van der Waals surface area contributed by atoms with Crippen LogP contribution in [0.5, 0.6) is 0 Å². The van der Waals surface area contributed by atoms with Crippen LogP contribution in [-0.2, 0) is 6.42 Å². The molecular formula is C10H14N2O2S. The average molecular weight is 226 g/mol. The van der Waals surface area contributed by atoms with E-state index in [1.54, 1.807) is 6.07 Å².